The number of likely N-dealkylation sites (tertiary alicyclic amines) is 1. The molecule has 3 heterocycles. The van der Waals surface area contributed by atoms with E-state index in [1.807, 2.05) is 51.9 Å². The number of nitrogens with zero attached hydrogens (tertiary/aromatic N) is 5. The van der Waals surface area contributed by atoms with Crippen LogP contribution in [0, 0.1) is 0 Å². The van der Waals surface area contributed by atoms with Crippen LogP contribution in [0.15, 0.2) is 57.8 Å². The summed E-state index contributed by atoms with van der Waals surface area (Å²) in [5.41, 5.74) is 3.79. The van der Waals surface area contributed by atoms with Gasteiger partial charge in [-0.15, -0.1) is 0 Å². The highest BCUT2D eigenvalue weighted by molar-refractivity contribution is 9.10. The summed E-state index contributed by atoms with van der Waals surface area (Å²) in [5.74, 6) is 1.33. The largest absolute Gasteiger partial charge is 0.343 e. The number of imidazole rings is 1. The van der Waals surface area contributed by atoms with Crippen LogP contribution in [0.5, 0.6) is 0 Å². The Bertz CT molecular complexity index is 1230. The molecule has 7 nitrogen and oxygen atoms in total. The first kappa shape index (κ1) is 19.9. The normalized spacial score (nSPS) is 13.9. The molecule has 2 aromatic carbocycles. The molecule has 8 heteroatoms. The number of aromatic nitrogens is 4. The summed E-state index contributed by atoms with van der Waals surface area (Å²) < 4.78 is 8.51. The maximum absolute atomic E-state index is 12.3. The van der Waals surface area contributed by atoms with E-state index in [0.717, 1.165) is 52.6 Å². The topological polar surface area (TPSA) is 77.0 Å². The van der Waals surface area contributed by atoms with Gasteiger partial charge < -0.3 is 14.0 Å². The Kier molecular flexibility index (Phi) is 5.55. The van der Waals surface area contributed by atoms with E-state index in [2.05, 4.69) is 31.1 Å². The molecule has 0 atom stereocenters. The van der Waals surface area contributed by atoms with Gasteiger partial charge in [-0.25, -0.2) is 4.98 Å². The zero-order valence-electron chi connectivity index (χ0n) is 17.0. The lowest BCUT2D eigenvalue weighted by Crippen LogP contribution is -2.28. The van der Waals surface area contributed by atoms with Crippen LogP contribution < -0.4 is 0 Å². The average molecular weight is 480 g/mol. The minimum atomic E-state index is 0.223. The Morgan fingerprint density at radius 2 is 1.97 bits per heavy atom. The van der Waals surface area contributed by atoms with E-state index in [0.29, 0.717) is 31.1 Å². The monoisotopic (exact) mass is 479 g/mol. The molecule has 31 heavy (non-hydrogen) atoms. The number of hydrogen-bond donors (Lipinski definition) is 0. The Labute approximate surface area is 188 Å². The lowest BCUT2D eigenvalue weighted by Gasteiger charge is -2.15. The maximum Gasteiger partial charge on any atom is 0.231 e. The second-order valence-corrected chi connectivity index (χ2v) is 8.61. The van der Waals surface area contributed by atoms with Gasteiger partial charge in [0.15, 0.2) is 0 Å². The van der Waals surface area contributed by atoms with Crippen LogP contribution >= 0.6 is 15.9 Å². The molecule has 0 radical (unpaired) electrons. The minimum absolute atomic E-state index is 0.223. The Morgan fingerprint density at radius 3 is 2.81 bits per heavy atom. The summed E-state index contributed by atoms with van der Waals surface area (Å²) >= 11 is 3.55. The van der Waals surface area contributed by atoms with Gasteiger partial charge in [0.05, 0.1) is 23.8 Å². The predicted octanol–water partition coefficient (Wildman–Crippen LogP) is 4.45. The Morgan fingerprint density at radius 1 is 1.13 bits per heavy atom. The SMILES string of the molecule is O=C(CCn1cnc2cc(-c3noc(Cc4ccccc4Br)n3)ccc21)N1CCCC1. The number of halogens is 1. The first-order valence-electron chi connectivity index (χ1n) is 10.5. The van der Waals surface area contributed by atoms with Crippen LogP contribution in [-0.4, -0.2) is 43.6 Å². The number of rotatable bonds is 6. The van der Waals surface area contributed by atoms with Gasteiger partial charge in [-0.05, 0) is 42.7 Å². The van der Waals surface area contributed by atoms with Gasteiger partial charge in [-0.2, -0.15) is 4.98 Å². The smallest absolute Gasteiger partial charge is 0.231 e. The van der Waals surface area contributed by atoms with Gasteiger partial charge >= 0.3 is 0 Å². The number of carbonyl (C=O) groups is 1. The molecule has 0 spiro atoms. The molecule has 1 saturated heterocycles. The number of hydrogen-bond acceptors (Lipinski definition) is 5. The molecule has 4 aromatic rings. The van der Waals surface area contributed by atoms with Gasteiger partial charge in [-0.3, -0.25) is 4.79 Å². The van der Waals surface area contributed by atoms with E-state index in [1.54, 1.807) is 6.33 Å². The second-order valence-electron chi connectivity index (χ2n) is 7.76. The van der Waals surface area contributed by atoms with Gasteiger partial charge in [0.2, 0.25) is 17.6 Å². The molecule has 1 amide bonds. The van der Waals surface area contributed by atoms with Crippen molar-refractivity contribution >= 4 is 32.9 Å². The van der Waals surface area contributed by atoms with Crippen LogP contribution in [0.3, 0.4) is 0 Å². The van der Waals surface area contributed by atoms with Gasteiger partial charge in [0, 0.05) is 36.1 Å². The van der Waals surface area contributed by atoms with Gasteiger partial charge in [0.1, 0.15) is 0 Å². The molecule has 0 N–H and O–H groups in total. The van der Waals surface area contributed by atoms with Gasteiger partial charge in [0.25, 0.3) is 0 Å². The lowest BCUT2D eigenvalue weighted by atomic mass is 10.1. The molecule has 0 bridgehead atoms. The first-order chi connectivity index (χ1) is 15.2. The highest BCUT2D eigenvalue weighted by atomic mass is 79.9. The fraction of sp³-hybridized carbons (Fsp3) is 0.304. The van der Waals surface area contributed by atoms with Crippen molar-refractivity contribution in [1.82, 2.24) is 24.6 Å². The third kappa shape index (κ3) is 4.25. The summed E-state index contributed by atoms with van der Waals surface area (Å²) in [6.07, 6.45) is 5.08. The van der Waals surface area contributed by atoms with E-state index in [-0.39, 0.29) is 5.91 Å². The van der Waals surface area contributed by atoms with Crippen LogP contribution in [0.25, 0.3) is 22.4 Å². The summed E-state index contributed by atoms with van der Waals surface area (Å²) in [7, 11) is 0. The van der Waals surface area contributed by atoms with E-state index in [1.165, 1.54) is 0 Å². The number of fused-ring (bicyclic) bond motifs is 1. The quantitative estimate of drug-likeness (QED) is 0.408. The number of aryl methyl sites for hydroxylation is 1. The van der Waals surface area contributed by atoms with Crippen molar-refractivity contribution in [3.8, 4) is 11.4 Å². The van der Waals surface area contributed by atoms with Crippen molar-refractivity contribution in [2.75, 3.05) is 13.1 Å². The third-order valence-electron chi connectivity index (χ3n) is 5.67. The zero-order chi connectivity index (χ0) is 21.2. The maximum atomic E-state index is 12.3. The first-order valence-corrected chi connectivity index (χ1v) is 11.3. The fourth-order valence-electron chi connectivity index (χ4n) is 3.97. The molecule has 1 aliphatic heterocycles. The molecule has 1 aliphatic rings. The van der Waals surface area contributed by atoms with Crippen LogP contribution in [0.2, 0.25) is 0 Å². The summed E-state index contributed by atoms with van der Waals surface area (Å²) in [4.78, 5) is 23.4. The number of benzene rings is 2. The van der Waals surface area contributed by atoms with Crippen molar-refractivity contribution in [2.45, 2.75) is 32.2 Å². The number of amides is 1. The van der Waals surface area contributed by atoms with E-state index >= 15 is 0 Å². The van der Waals surface area contributed by atoms with Crippen molar-refractivity contribution < 1.29 is 9.32 Å². The van der Waals surface area contributed by atoms with E-state index in [9.17, 15) is 4.79 Å². The minimum Gasteiger partial charge on any atom is -0.343 e. The van der Waals surface area contributed by atoms with Crippen LogP contribution in [0.4, 0.5) is 0 Å². The second kappa shape index (κ2) is 8.63. The van der Waals surface area contributed by atoms with Crippen LogP contribution in [-0.2, 0) is 17.8 Å². The highest BCUT2D eigenvalue weighted by Gasteiger charge is 2.18. The highest BCUT2D eigenvalue weighted by Crippen LogP contribution is 2.24. The molecule has 0 saturated carbocycles. The molecule has 5 rings (SSSR count). The molecule has 2 aromatic heterocycles. The molecule has 158 valence electrons. The summed E-state index contributed by atoms with van der Waals surface area (Å²) in [6, 6.07) is 13.9. The van der Waals surface area contributed by atoms with Crippen molar-refractivity contribution in [1.29, 1.82) is 0 Å². The summed E-state index contributed by atoms with van der Waals surface area (Å²) in [5, 5.41) is 4.14. The summed E-state index contributed by atoms with van der Waals surface area (Å²) in [6.45, 7) is 2.41. The molecule has 0 aliphatic carbocycles. The van der Waals surface area contributed by atoms with Crippen molar-refractivity contribution in [2.24, 2.45) is 0 Å². The van der Waals surface area contributed by atoms with Crippen molar-refractivity contribution in [3.63, 3.8) is 0 Å². The Hall–Kier alpha value is -3.00. The third-order valence-corrected chi connectivity index (χ3v) is 6.45. The lowest BCUT2D eigenvalue weighted by molar-refractivity contribution is -0.130. The number of carbonyl (C=O) groups excluding carboxylic acids is 1. The molecular formula is C23H22BrN5O2. The van der Waals surface area contributed by atoms with Crippen molar-refractivity contribution in [3.05, 3.63) is 64.7 Å². The molecule has 1 fully saturated rings. The van der Waals surface area contributed by atoms with Gasteiger partial charge in [-0.1, -0.05) is 39.3 Å². The van der Waals surface area contributed by atoms with E-state index in [4.69, 9.17) is 4.52 Å². The molecule has 0 unspecified atom stereocenters. The zero-order valence-corrected chi connectivity index (χ0v) is 18.6. The average Bonchev–Trinajstić information content (AvgIpc) is 3.54. The van der Waals surface area contributed by atoms with E-state index < -0.39 is 0 Å². The standard InChI is InChI=1S/C23H22BrN5O2/c24-18-6-2-1-5-16(18)14-21-26-23(27-31-21)17-7-8-20-19(13-17)25-15-29(20)12-9-22(30)28-10-3-4-11-28/h1-2,5-8,13,15H,3-4,9-12,14H2. The predicted molar refractivity (Wildman–Crippen MR) is 120 cm³/mol. The molecular weight excluding hydrogens is 458 g/mol. The Balaban J connectivity index is 1.30. The van der Waals surface area contributed by atoms with Crippen LogP contribution in [0.1, 0.15) is 30.7 Å². The fourth-order valence-corrected chi connectivity index (χ4v) is 4.40.